The maximum Gasteiger partial charge on any atom is 0.407 e. The number of carbonyl (C=O) groups excluding carboxylic acids is 3. The Labute approximate surface area is 182 Å². The molecule has 0 bridgehead atoms. The second kappa shape index (κ2) is 13.3. The standard InChI is InChI=1S/C22H33N3O6/c1-5-15(4)19(25-20(27)17(21(28)29)11-14(2)3)24-18(26)12-23-22(30)31-13-16-9-7-6-8-10-16/h6-10,14-15,17,19H,5,11-13H2,1-4H3,(H,23,30)(H,24,26)(H,25,27)(H,28,29)/t15-,17?,19-/m0/s1. The Morgan fingerprint density at radius 1 is 1.03 bits per heavy atom. The Kier molecular flexibility index (Phi) is 11.1. The number of aliphatic carboxylic acids is 1. The highest BCUT2D eigenvalue weighted by Gasteiger charge is 2.30. The average Bonchev–Trinajstić information content (AvgIpc) is 2.73. The molecule has 31 heavy (non-hydrogen) atoms. The molecule has 0 heterocycles. The van der Waals surface area contributed by atoms with Gasteiger partial charge in [-0.15, -0.1) is 0 Å². The van der Waals surface area contributed by atoms with Gasteiger partial charge in [0.15, 0.2) is 0 Å². The van der Waals surface area contributed by atoms with Crippen LogP contribution in [0.5, 0.6) is 0 Å². The van der Waals surface area contributed by atoms with Gasteiger partial charge in [-0.25, -0.2) is 4.79 Å². The molecule has 0 radical (unpaired) electrons. The predicted octanol–water partition coefficient (Wildman–Crippen LogP) is 2.26. The molecule has 1 aromatic rings. The van der Waals surface area contributed by atoms with Gasteiger partial charge in [-0.05, 0) is 30.2 Å². The summed E-state index contributed by atoms with van der Waals surface area (Å²) < 4.78 is 5.05. The van der Waals surface area contributed by atoms with Crippen molar-refractivity contribution in [1.29, 1.82) is 0 Å². The molecule has 0 spiro atoms. The van der Waals surface area contributed by atoms with Crippen molar-refractivity contribution in [2.24, 2.45) is 17.8 Å². The number of amides is 3. The molecule has 3 amide bonds. The van der Waals surface area contributed by atoms with Gasteiger partial charge in [0.1, 0.15) is 25.2 Å². The van der Waals surface area contributed by atoms with Crippen LogP contribution in [0.4, 0.5) is 4.79 Å². The van der Waals surface area contributed by atoms with E-state index in [1.54, 1.807) is 0 Å². The Balaban J connectivity index is 2.58. The van der Waals surface area contributed by atoms with E-state index in [0.29, 0.717) is 6.42 Å². The number of carboxylic acid groups (broad SMARTS) is 1. The zero-order valence-electron chi connectivity index (χ0n) is 18.5. The molecule has 1 unspecified atom stereocenters. The van der Waals surface area contributed by atoms with Gasteiger partial charge in [0.25, 0.3) is 0 Å². The van der Waals surface area contributed by atoms with Crippen LogP contribution in [-0.4, -0.2) is 41.7 Å². The quantitative estimate of drug-likeness (QED) is 0.294. The second-order valence-electron chi connectivity index (χ2n) is 7.87. The first-order valence-electron chi connectivity index (χ1n) is 10.4. The molecule has 172 valence electrons. The fraction of sp³-hybridized carbons (Fsp3) is 0.545. The minimum absolute atomic E-state index is 0.0228. The minimum atomic E-state index is -1.21. The Morgan fingerprint density at radius 2 is 1.68 bits per heavy atom. The van der Waals surface area contributed by atoms with Gasteiger partial charge >= 0.3 is 12.1 Å². The molecule has 1 rings (SSSR count). The molecule has 0 saturated carbocycles. The van der Waals surface area contributed by atoms with E-state index in [0.717, 1.165) is 5.56 Å². The SMILES string of the molecule is CC[C@H](C)[C@@H](NC(=O)CNC(=O)OCc1ccccc1)NC(=O)C(CC(C)C)C(=O)O. The first-order valence-corrected chi connectivity index (χ1v) is 10.4. The minimum Gasteiger partial charge on any atom is -0.481 e. The molecule has 0 aliphatic rings. The second-order valence-corrected chi connectivity index (χ2v) is 7.87. The molecule has 0 fully saturated rings. The first-order chi connectivity index (χ1) is 14.6. The van der Waals surface area contributed by atoms with E-state index in [1.807, 2.05) is 58.0 Å². The van der Waals surface area contributed by atoms with Gasteiger partial charge in [-0.2, -0.15) is 0 Å². The molecule has 9 heteroatoms. The van der Waals surface area contributed by atoms with Gasteiger partial charge in [0.2, 0.25) is 11.8 Å². The summed E-state index contributed by atoms with van der Waals surface area (Å²) in [6.07, 6.45) is -0.677. The van der Waals surface area contributed by atoms with Crippen LogP contribution in [0.1, 0.15) is 46.1 Å². The van der Waals surface area contributed by atoms with Crippen molar-refractivity contribution >= 4 is 23.9 Å². The fourth-order valence-electron chi connectivity index (χ4n) is 2.75. The van der Waals surface area contributed by atoms with Crippen LogP contribution in [0.15, 0.2) is 30.3 Å². The number of rotatable bonds is 12. The summed E-state index contributed by atoms with van der Waals surface area (Å²) in [5, 5.41) is 17.0. The third-order valence-corrected chi connectivity index (χ3v) is 4.75. The van der Waals surface area contributed by atoms with Crippen LogP contribution < -0.4 is 16.0 Å². The van der Waals surface area contributed by atoms with Gasteiger partial charge < -0.3 is 25.8 Å². The van der Waals surface area contributed by atoms with E-state index in [4.69, 9.17) is 4.74 Å². The molecule has 0 saturated heterocycles. The summed E-state index contributed by atoms with van der Waals surface area (Å²) in [6.45, 7) is 7.11. The maximum atomic E-state index is 12.5. The molecule has 4 N–H and O–H groups in total. The third kappa shape index (κ3) is 9.97. The number of hydrogen-bond acceptors (Lipinski definition) is 5. The smallest absolute Gasteiger partial charge is 0.407 e. The highest BCUT2D eigenvalue weighted by molar-refractivity contribution is 5.97. The summed E-state index contributed by atoms with van der Waals surface area (Å²) in [6, 6.07) is 9.11. The lowest BCUT2D eigenvalue weighted by molar-refractivity contribution is -0.148. The number of carbonyl (C=O) groups is 4. The van der Waals surface area contributed by atoms with E-state index in [-0.39, 0.29) is 31.4 Å². The van der Waals surface area contributed by atoms with Crippen LogP contribution in [0, 0.1) is 17.8 Å². The Bertz CT molecular complexity index is 738. The number of alkyl carbamates (subject to hydrolysis) is 1. The summed E-state index contributed by atoms with van der Waals surface area (Å²) in [5.41, 5.74) is 0.816. The first kappa shape index (κ1) is 25.9. The third-order valence-electron chi connectivity index (χ3n) is 4.75. The van der Waals surface area contributed by atoms with E-state index in [9.17, 15) is 24.3 Å². The van der Waals surface area contributed by atoms with E-state index >= 15 is 0 Å². The summed E-state index contributed by atoms with van der Waals surface area (Å²) in [5.74, 6) is -3.71. The number of carboxylic acids is 1. The average molecular weight is 436 g/mol. The summed E-state index contributed by atoms with van der Waals surface area (Å²) in [7, 11) is 0. The zero-order chi connectivity index (χ0) is 23.4. The molecule has 9 nitrogen and oxygen atoms in total. The lowest BCUT2D eigenvalue weighted by atomic mass is 9.95. The number of hydrogen-bond donors (Lipinski definition) is 4. The number of nitrogens with one attached hydrogen (secondary N) is 3. The van der Waals surface area contributed by atoms with Crippen molar-refractivity contribution in [2.75, 3.05) is 6.54 Å². The fourth-order valence-corrected chi connectivity index (χ4v) is 2.75. The molecule has 3 atom stereocenters. The largest absolute Gasteiger partial charge is 0.481 e. The Morgan fingerprint density at radius 3 is 2.23 bits per heavy atom. The van der Waals surface area contributed by atoms with Crippen LogP contribution in [0.2, 0.25) is 0 Å². The van der Waals surface area contributed by atoms with Gasteiger partial charge in [-0.3, -0.25) is 14.4 Å². The van der Waals surface area contributed by atoms with Gasteiger partial charge in [0, 0.05) is 0 Å². The predicted molar refractivity (Wildman–Crippen MR) is 115 cm³/mol. The van der Waals surface area contributed by atoms with Crippen molar-refractivity contribution in [3.05, 3.63) is 35.9 Å². The molecular formula is C22H33N3O6. The highest BCUT2D eigenvalue weighted by Crippen LogP contribution is 2.14. The molecule has 1 aromatic carbocycles. The van der Waals surface area contributed by atoms with Crippen LogP contribution >= 0.6 is 0 Å². The molecule has 0 aliphatic heterocycles. The molecular weight excluding hydrogens is 402 g/mol. The van der Waals surface area contributed by atoms with Crippen LogP contribution in [0.3, 0.4) is 0 Å². The lowest BCUT2D eigenvalue weighted by Crippen LogP contribution is -2.55. The number of benzene rings is 1. The monoisotopic (exact) mass is 435 g/mol. The van der Waals surface area contributed by atoms with Crippen LogP contribution in [-0.2, 0) is 25.7 Å². The van der Waals surface area contributed by atoms with Crippen molar-refractivity contribution in [1.82, 2.24) is 16.0 Å². The van der Waals surface area contributed by atoms with E-state index < -0.39 is 36.0 Å². The zero-order valence-corrected chi connectivity index (χ0v) is 18.5. The molecule has 0 aromatic heterocycles. The van der Waals surface area contributed by atoms with Crippen molar-refractivity contribution in [3.63, 3.8) is 0 Å². The normalized spacial score (nSPS) is 13.6. The van der Waals surface area contributed by atoms with Crippen molar-refractivity contribution in [3.8, 4) is 0 Å². The topological polar surface area (TPSA) is 134 Å². The van der Waals surface area contributed by atoms with E-state index in [1.165, 1.54) is 0 Å². The summed E-state index contributed by atoms with van der Waals surface area (Å²) in [4.78, 5) is 48.0. The number of ether oxygens (including phenoxy) is 1. The van der Waals surface area contributed by atoms with Gasteiger partial charge in [0.05, 0.1) is 0 Å². The highest BCUT2D eigenvalue weighted by atomic mass is 16.5. The maximum absolute atomic E-state index is 12.5. The van der Waals surface area contributed by atoms with Crippen molar-refractivity contribution in [2.45, 2.75) is 53.3 Å². The van der Waals surface area contributed by atoms with Crippen molar-refractivity contribution < 1.29 is 29.0 Å². The Hall–Kier alpha value is -3.10. The summed E-state index contributed by atoms with van der Waals surface area (Å²) >= 11 is 0. The van der Waals surface area contributed by atoms with Crippen LogP contribution in [0.25, 0.3) is 0 Å². The van der Waals surface area contributed by atoms with E-state index in [2.05, 4.69) is 16.0 Å². The lowest BCUT2D eigenvalue weighted by Gasteiger charge is -2.27. The molecule has 0 aliphatic carbocycles. The van der Waals surface area contributed by atoms with Gasteiger partial charge in [-0.1, -0.05) is 58.0 Å².